The smallest absolute Gasteiger partial charge is 0.222 e. The molecule has 0 spiro atoms. The molecule has 0 aliphatic carbocycles. The van der Waals surface area contributed by atoms with Crippen molar-refractivity contribution < 1.29 is 13.2 Å². The molecule has 0 atom stereocenters. The highest BCUT2D eigenvalue weighted by Crippen LogP contribution is 2.16. The average molecular weight is 477 g/mol. The zero-order valence-electron chi connectivity index (χ0n) is 18.2. The van der Waals surface area contributed by atoms with Crippen molar-refractivity contribution in [3.63, 3.8) is 0 Å². The molecule has 2 N–H and O–H groups in total. The predicted octanol–water partition coefficient (Wildman–Crippen LogP) is 2.49. The Kier molecular flexibility index (Phi) is 8.67. The molecular weight excluding hydrogens is 448 g/mol. The number of hydrogen-bond donors (Lipinski definition) is 2. The fourth-order valence-corrected chi connectivity index (χ4v) is 4.77. The molecule has 0 bridgehead atoms. The molecule has 0 radical (unpaired) electrons. The van der Waals surface area contributed by atoms with Gasteiger partial charge in [-0.2, -0.15) is 0 Å². The molecule has 7 nitrogen and oxygen atoms in total. The minimum Gasteiger partial charge on any atom is -0.368 e. The molecule has 0 saturated carbocycles. The summed E-state index contributed by atoms with van der Waals surface area (Å²) in [5.74, 6) is 0.804. The summed E-state index contributed by atoms with van der Waals surface area (Å²) in [4.78, 5) is 18.7. The third kappa shape index (κ3) is 7.05. The molecule has 1 aliphatic rings. The predicted molar refractivity (Wildman–Crippen MR) is 128 cm³/mol. The highest BCUT2D eigenvalue weighted by Gasteiger charge is 2.14. The first-order valence-corrected chi connectivity index (χ1v) is 12.7. The van der Waals surface area contributed by atoms with Crippen molar-refractivity contribution in [3.8, 4) is 0 Å². The highest BCUT2D eigenvalue weighted by molar-refractivity contribution is 7.91. The number of nitrogens with one attached hydrogen (secondary N) is 2. The van der Waals surface area contributed by atoms with Gasteiger partial charge in [0, 0.05) is 37.1 Å². The van der Waals surface area contributed by atoms with Gasteiger partial charge in [0.15, 0.2) is 9.84 Å². The average Bonchev–Trinajstić information content (AvgIpc) is 3.32. The lowest BCUT2D eigenvalue weighted by molar-refractivity contribution is -0.129. The fraction of sp³-hybridized carbons (Fsp3) is 0.391. The Morgan fingerprint density at radius 3 is 2.69 bits per heavy atom. The van der Waals surface area contributed by atoms with E-state index < -0.39 is 9.84 Å². The van der Waals surface area contributed by atoms with E-state index in [4.69, 9.17) is 11.6 Å². The molecular formula is C23H29ClN4O3S. The van der Waals surface area contributed by atoms with Gasteiger partial charge in [0.2, 0.25) is 5.91 Å². The topological polar surface area (TPSA) is 90.9 Å². The molecule has 32 heavy (non-hydrogen) atoms. The normalized spacial score (nSPS) is 13.5. The van der Waals surface area contributed by atoms with Gasteiger partial charge in [0.05, 0.1) is 11.4 Å². The van der Waals surface area contributed by atoms with Crippen molar-refractivity contribution in [1.29, 1.82) is 0 Å². The second kappa shape index (κ2) is 11.4. The summed E-state index contributed by atoms with van der Waals surface area (Å²) in [6, 6.07) is 14.4. The van der Waals surface area contributed by atoms with Gasteiger partial charge in [-0.15, -0.1) is 0 Å². The van der Waals surface area contributed by atoms with E-state index in [2.05, 4.69) is 39.9 Å². The van der Waals surface area contributed by atoms with Crippen LogP contribution in [0.2, 0.25) is 5.02 Å². The van der Waals surface area contributed by atoms with E-state index >= 15 is 0 Å². The summed E-state index contributed by atoms with van der Waals surface area (Å²) < 4.78 is 24.6. The maximum Gasteiger partial charge on any atom is 0.222 e. The van der Waals surface area contributed by atoms with Gasteiger partial charge in [0.1, 0.15) is 11.7 Å². The summed E-state index contributed by atoms with van der Waals surface area (Å²) >= 11 is 5.86. The molecule has 1 heterocycles. The maximum atomic E-state index is 12.4. The van der Waals surface area contributed by atoms with E-state index in [0.29, 0.717) is 31.0 Å². The summed E-state index contributed by atoms with van der Waals surface area (Å²) in [6.07, 6.45) is 1.71. The van der Waals surface area contributed by atoms with Gasteiger partial charge in [-0.1, -0.05) is 41.9 Å². The molecule has 0 saturated heterocycles. The van der Waals surface area contributed by atoms with Crippen molar-refractivity contribution in [1.82, 2.24) is 15.5 Å². The number of likely N-dealkylation sites (N-methyl/N-ethyl adjacent to an activating group) is 1. The zero-order chi connectivity index (χ0) is 23.0. The number of benzene rings is 2. The number of amidine groups is 1. The van der Waals surface area contributed by atoms with E-state index in [1.807, 2.05) is 0 Å². The first kappa shape index (κ1) is 24.2. The SMILES string of the molecule is CN(CCc1ccc(C2=NCCN2)cc1)C(=O)CCCNCS(=O)(=O)c1cccc(Cl)c1. The Morgan fingerprint density at radius 1 is 1.22 bits per heavy atom. The zero-order valence-corrected chi connectivity index (χ0v) is 19.8. The molecule has 0 fully saturated rings. The minimum atomic E-state index is -3.45. The second-order valence-corrected chi connectivity index (χ2v) is 10.2. The molecule has 0 aromatic heterocycles. The number of rotatable bonds is 11. The van der Waals surface area contributed by atoms with Crippen molar-refractivity contribution >= 4 is 33.2 Å². The van der Waals surface area contributed by atoms with Gasteiger partial charge < -0.3 is 15.5 Å². The number of sulfone groups is 1. The number of nitrogens with zero attached hydrogens (tertiary/aromatic N) is 2. The molecule has 2 aromatic carbocycles. The van der Waals surface area contributed by atoms with E-state index in [-0.39, 0.29) is 16.7 Å². The van der Waals surface area contributed by atoms with E-state index in [9.17, 15) is 13.2 Å². The first-order valence-electron chi connectivity index (χ1n) is 10.7. The molecule has 2 aromatic rings. The van der Waals surface area contributed by atoms with Crippen LogP contribution in [0, 0.1) is 0 Å². The maximum absolute atomic E-state index is 12.4. The van der Waals surface area contributed by atoms with Crippen LogP contribution in [0.15, 0.2) is 58.4 Å². The Balaban J connectivity index is 1.34. The summed E-state index contributed by atoms with van der Waals surface area (Å²) in [5.41, 5.74) is 2.25. The van der Waals surface area contributed by atoms with Crippen LogP contribution in [0.1, 0.15) is 24.0 Å². The molecule has 9 heteroatoms. The van der Waals surface area contributed by atoms with E-state index in [0.717, 1.165) is 30.9 Å². The Morgan fingerprint density at radius 2 is 2.00 bits per heavy atom. The molecule has 1 aliphatic heterocycles. The monoisotopic (exact) mass is 476 g/mol. The quantitative estimate of drug-likeness (QED) is 0.486. The first-order chi connectivity index (χ1) is 15.3. The van der Waals surface area contributed by atoms with Gasteiger partial charge in [-0.25, -0.2) is 8.42 Å². The molecule has 0 unspecified atom stereocenters. The van der Waals surface area contributed by atoms with Gasteiger partial charge in [-0.3, -0.25) is 9.79 Å². The number of hydrogen-bond acceptors (Lipinski definition) is 6. The van der Waals surface area contributed by atoms with Crippen LogP contribution in [0.25, 0.3) is 0 Å². The van der Waals surface area contributed by atoms with Crippen LogP contribution in [0.4, 0.5) is 0 Å². The van der Waals surface area contributed by atoms with Crippen LogP contribution in [-0.4, -0.2) is 64.2 Å². The Labute approximate surface area is 194 Å². The highest BCUT2D eigenvalue weighted by atomic mass is 35.5. The number of amides is 1. The summed E-state index contributed by atoms with van der Waals surface area (Å²) in [6.45, 7) is 2.78. The number of carbonyl (C=O) groups is 1. The number of halogens is 1. The third-order valence-corrected chi connectivity index (χ3v) is 7.05. The summed E-state index contributed by atoms with van der Waals surface area (Å²) in [5, 5.41) is 6.55. The lowest BCUT2D eigenvalue weighted by atomic mass is 10.1. The van der Waals surface area contributed by atoms with Crippen LogP contribution in [-0.2, 0) is 21.1 Å². The Bertz CT molecular complexity index is 1060. The van der Waals surface area contributed by atoms with Crippen molar-refractivity contribution in [2.24, 2.45) is 4.99 Å². The second-order valence-electron chi connectivity index (χ2n) is 7.74. The van der Waals surface area contributed by atoms with Crippen molar-refractivity contribution in [2.75, 3.05) is 39.1 Å². The Hall–Kier alpha value is -2.42. The summed E-state index contributed by atoms with van der Waals surface area (Å²) in [7, 11) is -1.65. The lowest BCUT2D eigenvalue weighted by Crippen LogP contribution is -2.30. The molecule has 172 valence electrons. The van der Waals surface area contributed by atoms with Gasteiger partial charge in [0.25, 0.3) is 0 Å². The van der Waals surface area contributed by atoms with Gasteiger partial charge in [-0.05, 0) is 43.1 Å². The van der Waals surface area contributed by atoms with Crippen molar-refractivity contribution in [3.05, 3.63) is 64.7 Å². The van der Waals surface area contributed by atoms with Crippen molar-refractivity contribution in [2.45, 2.75) is 24.2 Å². The van der Waals surface area contributed by atoms with E-state index in [1.165, 1.54) is 17.7 Å². The number of carbonyl (C=O) groups excluding carboxylic acids is 1. The van der Waals surface area contributed by atoms with Gasteiger partial charge >= 0.3 is 0 Å². The third-order valence-electron chi connectivity index (χ3n) is 5.25. The van der Waals surface area contributed by atoms with Crippen LogP contribution in [0.3, 0.4) is 0 Å². The molecule has 3 rings (SSSR count). The lowest BCUT2D eigenvalue weighted by Gasteiger charge is -2.17. The van der Waals surface area contributed by atoms with Crippen LogP contribution in [0.5, 0.6) is 0 Å². The van der Waals surface area contributed by atoms with E-state index in [1.54, 1.807) is 24.1 Å². The fourth-order valence-electron chi connectivity index (χ4n) is 3.35. The number of aliphatic imine (C=N–C) groups is 1. The largest absolute Gasteiger partial charge is 0.368 e. The van der Waals surface area contributed by atoms with Crippen LogP contribution >= 0.6 is 11.6 Å². The standard InChI is InChI=1S/C23H29ClN4O3S/c1-28(15-11-18-7-9-19(10-8-18)23-26-13-14-27-23)22(29)6-3-12-25-17-32(30,31)21-5-2-4-20(24)16-21/h2,4-5,7-10,16,25H,3,6,11-15,17H2,1H3,(H,26,27). The molecule has 1 amide bonds. The van der Waals surface area contributed by atoms with Crippen LogP contribution < -0.4 is 10.6 Å². The minimum absolute atomic E-state index is 0.0469.